The Morgan fingerprint density at radius 2 is 1.86 bits per heavy atom. The quantitative estimate of drug-likeness (QED) is 0.654. The molecular weight excluding hydrogens is 354 g/mol. The number of amides is 2. The van der Waals surface area contributed by atoms with Gasteiger partial charge in [0.25, 0.3) is 0 Å². The van der Waals surface area contributed by atoms with Gasteiger partial charge in [-0.1, -0.05) is 25.1 Å². The van der Waals surface area contributed by atoms with Crippen molar-refractivity contribution in [3.05, 3.63) is 66.0 Å². The van der Waals surface area contributed by atoms with Gasteiger partial charge in [-0.25, -0.2) is 0 Å². The first kappa shape index (κ1) is 21.2. The Hall–Kier alpha value is -3.15. The number of carbonyl (C=O) groups is 2. The van der Waals surface area contributed by atoms with Crippen LogP contribution in [-0.4, -0.2) is 28.9 Å². The Kier molecular flexibility index (Phi) is 8.21. The first-order valence-corrected chi connectivity index (χ1v) is 9.39. The second-order valence-corrected chi connectivity index (χ2v) is 6.56. The first-order valence-electron chi connectivity index (χ1n) is 9.39. The van der Waals surface area contributed by atoms with Gasteiger partial charge in [-0.15, -0.1) is 0 Å². The molecule has 1 aromatic carbocycles. The van der Waals surface area contributed by atoms with E-state index in [4.69, 9.17) is 4.74 Å². The third-order valence-electron chi connectivity index (χ3n) is 4.17. The Morgan fingerprint density at radius 1 is 1.11 bits per heavy atom. The molecule has 0 saturated carbocycles. The van der Waals surface area contributed by atoms with Crippen LogP contribution in [0.2, 0.25) is 0 Å². The maximum absolute atomic E-state index is 12.0. The number of nitrogens with zero attached hydrogens (tertiary/aromatic N) is 1. The van der Waals surface area contributed by atoms with Crippen LogP contribution in [0.5, 0.6) is 5.75 Å². The molecule has 0 spiro atoms. The van der Waals surface area contributed by atoms with E-state index in [1.54, 1.807) is 19.2 Å². The Morgan fingerprint density at radius 3 is 2.50 bits per heavy atom. The average molecular weight is 381 g/mol. The molecule has 2 atom stereocenters. The highest BCUT2D eigenvalue weighted by Gasteiger charge is 2.15. The van der Waals surface area contributed by atoms with Crippen molar-refractivity contribution in [1.82, 2.24) is 15.6 Å². The van der Waals surface area contributed by atoms with Crippen LogP contribution in [0.25, 0.3) is 6.08 Å². The van der Waals surface area contributed by atoms with E-state index in [1.165, 1.54) is 6.08 Å². The fraction of sp³-hybridized carbons (Fsp3) is 0.318. The molecule has 2 rings (SSSR count). The molecule has 148 valence electrons. The summed E-state index contributed by atoms with van der Waals surface area (Å²) in [6, 6.07) is 12.6. The number of ether oxygens (including phenoxy) is 1. The Balaban J connectivity index is 1.81. The van der Waals surface area contributed by atoms with E-state index in [1.807, 2.05) is 56.3 Å². The third-order valence-corrected chi connectivity index (χ3v) is 4.17. The van der Waals surface area contributed by atoms with Gasteiger partial charge in [-0.2, -0.15) is 0 Å². The van der Waals surface area contributed by atoms with E-state index in [0.717, 1.165) is 23.4 Å². The van der Waals surface area contributed by atoms with E-state index < -0.39 is 6.04 Å². The second-order valence-electron chi connectivity index (χ2n) is 6.56. The van der Waals surface area contributed by atoms with E-state index in [2.05, 4.69) is 15.6 Å². The fourth-order valence-corrected chi connectivity index (χ4v) is 2.28. The smallest absolute Gasteiger partial charge is 0.244 e. The van der Waals surface area contributed by atoms with Gasteiger partial charge in [-0.3, -0.25) is 14.6 Å². The summed E-state index contributed by atoms with van der Waals surface area (Å²) < 4.78 is 5.68. The molecule has 1 heterocycles. The average Bonchev–Trinajstić information content (AvgIpc) is 2.72. The SMILES string of the molecule is CCC(C)NC(=O)C(C)NC(=O)/C=C/c1ccc(OCc2ccccn2)cc1. The predicted molar refractivity (Wildman–Crippen MR) is 110 cm³/mol. The van der Waals surface area contributed by atoms with Crippen molar-refractivity contribution in [3.8, 4) is 5.75 Å². The summed E-state index contributed by atoms with van der Waals surface area (Å²) in [7, 11) is 0. The minimum atomic E-state index is -0.589. The van der Waals surface area contributed by atoms with Gasteiger partial charge in [-0.05, 0) is 56.2 Å². The largest absolute Gasteiger partial charge is 0.487 e. The Labute approximate surface area is 166 Å². The highest BCUT2D eigenvalue weighted by Crippen LogP contribution is 2.14. The molecule has 0 fully saturated rings. The minimum absolute atomic E-state index is 0.0841. The van der Waals surface area contributed by atoms with Gasteiger partial charge in [0, 0.05) is 18.3 Å². The normalized spacial score (nSPS) is 13.0. The highest BCUT2D eigenvalue weighted by molar-refractivity contribution is 5.95. The number of benzene rings is 1. The van der Waals surface area contributed by atoms with Crippen molar-refractivity contribution >= 4 is 17.9 Å². The number of rotatable bonds is 9. The van der Waals surface area contributed by atoms with Crippen LogP contribution >= 0.6 is 0 Å². The maximum Gasteiger partial charge on any atom is 0.244 e. The first-order chi connectivity index (χ1) is 13.5. The minimum Gasteiger partial charge on any atom is -0.487 e. The van der Waals surface area contributed by atoms with Gasteiger partial charge in [0.1, 0.15) is 18.4 Å². The lowest BCUT2D eigenvalue weighted by molar-refractivity contribution is -0.127. The molecule has 2 N–H and O–H groups in total. The van der Waals surface area contributed by atoms with E-state index >= 15 is 0 Å². The molecular formula is C22H27N3O3. The van der Waals surface area contributed by atoms with E-state index in [0.29, 0.717) is 6.61 Å². The van der Waals surface area contributed by atoms with Crippen LogP contribution in [0.1, 0.15) is 38.4 Å². The summed E-state index contributed by atoms with van der Waals surface area (Å²) in [5, 5.41) is 5.50. The van der Waals surface area contributed by atoms with Crippen LogP contribution in [0.15, 0.2) is 54.7 Å². The summed E-state index contributed by atoms with van der Waals surface area (Å²) >= 11 is 0. The maximum atomic E-state index is 12.0. The number of aromatic nitrogens is 1. The fourth-order valence-electron chi connectivity index (χ4n) is 2.28. The molecule has 0 bridgehead atoms. The van der Waals surface area contributed by atoms with Gasteiger partial charge >= 0.3 is 0 Å². The number of carbonyl (C=O) groups excluding carboxylic acids is 2. The van der Waals surface area contributed by atoms with Crippen LogP contribution in [0.3, 0.4) is 0 Å². The summed E-state index contributed by atoms with van der Waals surface area (Å²) in [6.45, 7) is 5.98. The zero-order valence-corrected chi connectivity index (χ0v) is 16.5. The molecule has 0 saturated heterocycles. The lowest BCUT2D eigenvalue weighted by atomic mass is 10.2. The molecule has 6 heteroatoms. The summed E-state index contributed by atoms with van der Waals surface area (Å²) in [4.78, 5) is 28.2. The van der Waals surface area contributed by atoms with Crippen LogP contribution in [0, 0.1) is 0 Å². The van der Waals surface area contributed by atoms with Gasteiger partial charge in [0.05, 0.1) is 5.69 Å². The van der Waals surface area contributed by atoms with Gasteiger partial charge < -0.3 is 15.4 Å². The number of hydrogen-bond donors (Lipinski definition) is 2. The molecule has 6 nitrogen and oxygen atoms in total. The van der Waals surface area contributed by atoms with Crippen LogP contribution in [-0.2, 0) is 16.2 Å². The van der Waals surface area contributed by atoms with Crippen molar-refractivity contribution < 1.29 is 14.3 Å². The summed E-state index contributed by atoms with van der Waals surface area (Å²) in [6.07, 6.45) is 5.67. The van der Waals surface area contributed by atoms with E-state index in [9.17, 15) is 9.59 Å². The monoisotopic (exact) mass is 381 g/mol. The van der Waals surface area contributed by atoms with Crippen molar-refractivity contribution in [1.29, 1.82) is 0 Å². The topological polar surface area (TPSA) is 80.3 Å². The molecule has 2 unspecified atom stereocenters. The number of hydrogen-bond acceptors (Lipinski definition) is 4. The lowest BCUT2D eigenvalue weighted by Gasteiger charge is -2.16. The lowest BCUT2D eigenvalue weighted by Crippen LogP contribution is -2.46. The predicted octanol–water partition coefficient (Wildman–Crippen LogP) is 3.09. The van der Waals surface area contributed by atoms with Gasteiger partial charge in [0.15, 0.2) is 0 Å². The van der Waals surface area contributed by atoms with Crippen molar-refractivity contribution in [3.63, 3.8) is 0 Å². The molecule has 0 aliphatic rings. The Bertz CT molecular complexity index is 788. The van der Waals surface area contributed by atoms with Crippen LogP contribution < -0.4 is 15.4 Å². The highest BCUT2D eigenvalue weighted by atomic mass is 16.5. The molecule has 1 aromatic heterocycles. The van der Waals surface area contributed by atoms with Crippen molar-refractivity contribution in [2.75, 3.05) is 0 Å². The van der Waals surface area contributed by atoms with Crippen molar-refractivity contribution in [2.24, 2.45) is 0 Å². The van der Waals surface area contributed by atoms with Crippen molar-refractivity contribution in [2.45, 2.75) is 45.9 Å². The third kappa shape index (κ3) is 7.23. The molecule has 2 aromatic rings. The van der Waals surface area contributed by atoms with E-state index in [-0.39, 0.29) is 17.9 Å². The number of nitrogens with one attached hydrogen (secondary N) is 2. The molecule has 2 amide bonds. The standard InChI is InChI=1S/C22H27N3O3/c1-4-16(2)24-22(27)17(3)25-21(26)13-10-18-8-11-20(12-9-18)28-15-19-7-5-6-14-23-19/h5-14,16-17H,4,15H2,1-3H3,(H,24,27)(H,25,26)/b13-10+. The molecule has 28 heavy (non-hydrogen) atoms. The molecule has 0 aliphatic heterocycles. The van der Waals surface area contributed by atoms with Gasteiger partial charge in [0.2, 0.25) is 11.8 Å². The zero-order chi connectivity index (χ0) is 20.4. The summed E-state index contributed by atoms with van der Waals surface area (Å²) in [5.41, 5.74) is 1.71. The second kappa shape index (κ2) is 10.9. The number of pyridine rings is 1. The molecule has 0 radical (unpaired) electrons. The van der Waals surface area contributed by atoms with Crippen LogP contribution in [0.4, 0.5) is 0 Å². The summed E-state index contributed by atoms with van der Waals surface area (Å²) in [5.74, 6) is 0.218. The molecule has 0 aliphatic carbocycles. The zero-order valence-electron chi connectivity index (χ0n) is 16.5.